The maximum atomic E-state index is 12.8. The minimum absolute atomic E-state index is 0.000777. The lowest BCUT2D eigenvalue weighted by molar-refractivity contribution is 0.0954. The molecule has 0 atom stereocenters. The highest BCUT2D eigenvalue weighted by Gasteiger charge is 2.24. The van der Waals surface area contributed by atoms with Crippen LogP contribution in [0, 0.1) is 0 Å². The lowest BCUT2D eigenvalue weighted by Crippen LogP contribution is -2.38. The maximum Gasteiger partial charge on any atom is 0.253 e. The molecule has 1 aromatic carbocycles. The fourth-order valence-corrected chi connectivity index (χ4v) is 4.34. The van der Waals surface area contributed by atoms with Crippen molar-refractivity contribution in [2.75, 3.05) is 63.3 Å². The van der Waals surface area contributed by atoms with E-state index < -0.39 is 25.8 Å². The Morgan fingerprint density at radius 2 is 1.82 bits per heavy atom. The van der Waals surface area contributed by atoms with Crippen LogP contribution in [0.5, 0.6) is 0 Å². The number of rotatable bonds is 8. The van der Waals surface area contributed by atoms with Gasteiger partial charge in [0.1, 0.15) is 0 Å². The van der Waals surface area contributed by atoms with Gasteiger partial charge in [-0.25, -0.2) is 21.1 Å². The van der Waals surface area contributed by atoms with Gasteiger partial charge < -0.3 is 15.0 Å². The number of benzene rings is 1. The Kier molecular flexibility index (Phi) is 7.43. The average molecular weight is 434 g/mol. The van der Waals surface area contributed by atoms with Crippen LogP contribution < -0.4 is 10.2 Å². The van der Waals surface area contributed by atoms with Gasteiger partial charge >= 0.3 is 0 Å². The van der Waals surface area contributed by atoms with Gasteiger partial charge in [0.25, 0.3) is 5.91 Å². The molecule has 9 nitrogen and oxygen atoms in total. The van der Waals surface area contributed by atoms with Crippen molar-refractivity contribution in [3.63, 3.8) is 0 Å². The number of carbonyl (C=O) groups is 1. The molecule has 1 saturated heterocycles. The number of amides is 1. The van der Waals surface area contributed by atoms with E-state index in [-0.39, 0.29) is 28.5 Å². The van der Waals surface area contributed by atoms with Gasteiger partial charge in [-0.05, 0) is 18.2 Å². The van der Waals surface area contributed by atoms with Crippen LogP contribution in [-0.2, 0) is 24.6 Å². The van der Waals surface area contributed by atoms with Crippen molar-refractivity contribution in [3.05, 3.63) is 23.8 Å². The lowest BCUT2D eigenvalue weighted by Gasteiger charge is -2.30. The molecule has 0 saturated carbocycles. The summed E-state index contributed by atoms with van der Waals surface area (Å²) in [6.45, 7) is 3.67. The quantitative estimate of drug-likeness (QED) is 0.611. The minimum Gasteiger partial charge on any atom is -0.378 e. The van der Waals surface area contributed by atoms with Crippen LogP contribution in [0.15, 0.2) is 23.1 Å². The molecule has 1 aromatic rings. The maximum absolute atomic E-state index is 12.8. The molecule has 158 valence electrons. The third-order valence-electron chi connectivity index (χ3n) is 4.48. The molecule has 2 rings (SSSR count). The number of nitrogens with one attached hydrogen (secondary N) is 1. The van der Waals surface area contributed by atoms with Crippen LogP contribution in [0.4, 0.5) is 5.69 Å². The first-order valence-corrected chi connectivity index (χ1v) is 12.2. The Morgan fingerprint density at radius 3 is 2.39 bits per heavy atom. The number of morpholine rings is 1. The Labute approximate surface area is 166 Å². The summed E-state index contributed by atoms with van der Waals surface area (Å²) in [6, 6.07) is 4.42. The first-order valence-electron chi connectivity index (χ1n) is 8.96. The van der Waals surface area contributed by atoms with Crippen molar-refractivity contribution in [1.82, 2.24) is 9.62 Å². The van der Waals surface area contributed by atoms with Gasteiger partial charge in [-0.3, -0.25) is 4.79 Å². The van der Waals surface area contributed by atoms with Crippen LogP contribution in [0.1, 0.15) is 17.3 Å². The van der Waals surface area contributed by atoms with Crippen molar-refractivity contribution in [1.29, 1.82) is 0 Å². The molecule has 1 fully saturated rings. The van der Waals surface area contributed by atoms with Crippen molar-refractivity contribution in [2.45, 2.75) is 11.8 Å². The summed E-state index contributed by atoms with van der Waals surface area (Å²) in [7, 11) is -4.09. The number of anilines is 1. The van der Waals surface area contributed by atoms with Gasteiger partial charge in [0, 0.05) is 45.2 Å². The fourth-order valence-electron chi connectivity index (χ4n) is 2.71. The number of carbonyl (C=O) groups excluding carboxylic acids is 1. The highest BCUT2D eigenvalue weighted by molar-refractivity contribution is 7.91. The second kappa shape index (κ2) is 9.21. The van der Waals surface area contributed by atoms with Crippen molar-refractivity contribution in [3.8, 4) is 0 Å². The van der Waals surface area contributed by atoms with Crippen LogP contribution in [0.3, 0.4) is 0 Å². The average Bonchev–Trinajstić information content (AvgIpc) is 2.67. The van der Waals surface area contributed by atoms with E-state index in [2.05, 4.69) is 5.32 Å². The lowest BCUT2D eigenvalue weighted by atomic mass is 10.1. The van der Waals surface area contributed by atoms with E-state index in [1.165, 1.54) is 26.2 Å². The normalized spacial score (nSPS) is 15.6. The van der Waals surface area contributed by atoms with E-state index in [0.717, 1.165) is 4.31 Å². The van der Waals surface area contributed by atoms with Crippen molar-refractivity contribution >= 4 is 31.5 Å². The summed E-state index contributed by atoms with van der Waals surface area (Å²) in [4.78, 5) is 14.7. The van der Waals surface area contributed by atoms with Gasteiger partial charge in [0.05, 0.1) is 29.4 Å². The summed E-state index contributed by atoms with van der Waals surface area (Å²) in [5.41, 5.74) is 0.788. The molecule has 1 amide bonds. The molecule has 1 heterocycles. The van der Waals surface area contributed by atoms with Gasteiger partial charge in [-0.2, -0.15) is 0 Å². The smallest absolute Gasteiger partial charge is 0.253 e. The number of hydrogen-bond donors (Lipinski definition) is 1. The van der Waals surface area contributed by atoms with E-state index in [4.69, 9.17) is 4.74 Å². The van der Waals surface area contributed by atoms with Gasteiger partial charge in [-0.1, -0.05) is 6.92 Å². The molecule has 0 aromatic heterocycles. The molecule has 0 spiro atoms. The van der Waals surface area contributed by atoms with E-state index in [1.54, 1.807) is 13.0 Å². The number of sulfonamides is 1. The van der Waals surface area contributed by atoms with Gasteiger partial charge in [0.15, 0.2) is 9.84 Å². The molecule has 1 aliphatic rings. The van der Waals surface area contributed by atoms with Crippen molar-refractivity contribution in [2.24, 2.45) is 0 Å². The summed E-state index contributed by atoms with van der Waals surface area (Å²) in [5, 5.41) is 2.59. The van der Waals surface area contributed by atoms with Crippen LogP contribution >= 0.6 is 0 Å². The first-order chi connectivity index (χ1) is 13.1. The zero-order valence-corrected chi connectivity index (χ0v) is 18.0. The molecule has 1 N–H and O–H groups in total. The summed E-state index contributed by atoms with van der Waals surface area (Å²) in [5.74, 6) is -0.681. The number of hydrogen-bond acceptors (Lipinski definition) is 7. The predicted octanol–water partition coefficient (Wildman–Crippen LogP) is -0.0620. The molecule has 0 bridgehead atoms. The summed E-state index contributed by atoms with van der Waals surface area (Å²) >= 11 is 0. The third-order valence-corrected chi connectivity index (χ3v) is 8.00. The zero-order valence-electron chi connectivity index (χ0n) is 16.3. The van der Waals surface area contributed by atoms with Gasteiger partial charge in [-0.15, -0.1) is 0 Å². The topological polar surface area (TPSA) is 113 Å². The highest BCUT2D eigenvalue weighted by atomic mass is 32.2. The standard InChI is InChI=1S/C17H27N3O6S2/c1-4-27(22,23)12-7-18-17(21)15-13-14(28(24,25)19(2)3)5-6-16(15)20-8-10-26-11-9-20/h5-6,13H,4,7-12H2,1-3H3,(H,18,21). The summed E-state index contributed by atoms with van der Waals surface area (Å²) < 4.78 is 54.6. The van der Waals surface area contributed by atoms with E-state index >= 15 is 0 Å². The largest absolute Gasteiger partial charge is 0.378 e. The van der Waals surface area contributed by atoms with E-state index in [0.29, 0.717) is 32.0 Å². The highest BCUT2D eigenvalue weighted by Crippen LogP contribution is 2.26. The molecular weight excluding hydrogens is 406 g/mol. The zero-order chi connectivity index (χ0) is 20.9. The molecule has 0 aliphatic carbocycles. The molecule has 11 heteroatoms. The molecule has 28 heavy (non-hydrogen) atoms. The third kappa shape index (κ3) is 5.43. The Morgan fingerprint density at radius 1 is 1.18 bits per heavy atom. The number of ether oxygens (including phenoxy) is 1. The second-order valence-electron chi connectivity index (χ2n) is 6.56. The molecular formula is C17H27N3O6S2. The molecule has 0 unspecified atom stereocenters. The van der Waals surface area contributed by atoms with Crippen LogP contribution in [0.25, 0.3) is 0 Å². The van der Waals surface area contributed by atoms with Crippen molar-refractivity contribution < 1.29 is 26.4 Å². The minimum atomic E-state index is -3.71. The number of sulfone groups is 1. The van der Waals surface area contributed by atoms with Crippen LogP contribution in [-0.4, -0.2) is 85.5 Å². The summed E-state index contributed by atoms with van der Waals surface area (Å²) in [6.07, 6.45) is 0. The SMILES string of the molecule is CCS(=O)(=O)CCNC(=O)c1cc(S(=O)(=O)N(C)C)ccc1N1CCOCC1. The predicted molar refractivity (Wildman–Crippen MR) is 107 cm³/mol. The number of nitrogens with zero attached hydrogens (tertiary/aromatic N) is 2. The van der Waals surface area contributed by atoms with E-state index in [9.17, 15) is 21.6 Å². The van der Waals surface area contributed by atoms with Crippen LogP contribution in [0.2, 0.25) is 0 Å². The second-order valence-corrected chi connectivity index (χ2v) is 11.2. The Hall–Kier alpha value is -1.69. The Balaban J connectivity index is 2.34. The fraction of sp³-hybridized carbons (Fsp3) is 0.588. The molecule has 0 radical (unpaired) electrons. The first kappa shape index (κ1) is 22.6. The molecule has 1 aliphatic heterocycles. The van der Waals surface area contributed by atoms with Gasteiger partial charge in [0.2, 0.25) is 10.0 Å². The Bertz CT molecular complexity index is 907. The monoisotopic (exact) mass is 433 g/mol. The van der Waals surface area contributed by atoms with E-state index in [1.807, 2.05) is 4.90 Å².